The number of carbonyl (C=O) groups is 2. The third-order valence-corrected chi connectivity index (χ3v) is 6.71. The van der Waals surface area contributed by atoms with Gasteiger partial charge in [-0.05, 0) is 36.8 Å². The predicted octanol–water partition coefficient (Wildman–Crippen LogP) is 1.84. The number of hydrogen-bond acceptors (Lipinski definition) is 3. The average Bonchev–Trinajstić information content (AvgIpc) is 2.99. The highest BCUT2D eigenvalue weighted by atomic mass is 16.5. The average molecular weight is 340 g/mol. The standard InChI is InChI=1S/C20H24N2O3/c1-13-4-2-3-5-16(13)22-12-20(8-17(22)23)6-7-21(11-20)19(24)18-14-9-25-10-15(14)18/h2-5,14-15,18H,6-12H2,1H3/t14-,15+,18?,20?. The Hall–Kier alpha value is -1.88. The lowest BCUT2D eigenvalue weighted by atomic mass is 9.86. The fraction of sp³-hybridized carbons (Fsp3) is 0.600. The molecule has 1 aromatic rings. The summed E-state index contributed by atoms with van der Waals surface area (Å²) in [5, 5.41) is 0. The van der Waals surface area contributed by atoms with Crippen LogP contribution in [-0.2, 0) is 14.3 Å². The maximum Gasteiger partial charge on any atom is 0.227 e. The number of nitrogens with zero attached hydrogens (tertiary/aromatic N) is 2. The highest BCUT2D eigenvalue weighted by Gasteiger charge is 2.60. The number of rotatable bonds is 2. The minimum absolute atomic E-state index is 0.0600. The summed E-state index contributed by atoms with van der Waals surface area (Å²) in [6.07, 6.45) is 1.50. The van der Waals surface area contributed by atoms with Crippen molar-refractivity contribution in [1.82, 2.24) is 4.90 Å². The van der Waals surface area contributed by atoms with E-state index in [0.717, 1.165) is 50.5 Å². The van der Waals surface area contributed by atoms with Gasteiger partial charge in [-0.25, -0.2) is 0 Å². The summed E-state index contributed by atoms with van der Waals surface area (Å²) in [5.41, 5.74) is 2.09. The summed E-state index contributed by atoms with van der Waals surface area (Å²) in [6, 6.07) is 8.06. The minimum Gasteiger partial charge on any atom is -0.381 e. The largest absolute Gasteiger partial charge is 0.381 e. The molecule has 2 amide bonds. The van der Waals surface area contributed by atoms with Crippen molar-refractivity contribution < 1.29 is 14.3 Å². The van der Waals surface area contributed by atoms with Crippen LogP contribution >= 0.6 is 0 Å². The quantitative estimate of drug-likeness (QED) is 0.825. The first-order chi connectivity index (χ1) is 12.1. The van der Waals surface area contributed by atoms with E-state index in [1.54, 1.807) is 0 Å². The lowest BCUT2D eigenvalue weighted by Crippen LogP contribution is -2.36. The first kappa shape index (κ1) is 15.4. The Labute approximate surface area is 147 Å². The van der Waals surface area contributed by atoms with Gasteiger partial charge < -0.3 is 14.5 Å². The Kier molecular flexibility index (Phi) is 3.26. The molecule has 25 heavy (non-hydrogen) atoms. The van der Waals surface area contributed by atoms with Gasteiger partial charge in [-0.15, -0.1) is 0 Å². The molecule has 4 aliphatic rings. The number of fused-ring (bicyclic) bond motifs is 1. The van der Waals surface area contributed by atoms with Crippen molar-refractivity contribution in [1.29, 1.82) is 0 Å². The normalized spacial score (nSPS) is 36.4. The molecule has 1 spiro atoms. The van der Waals surface area contributed by atoms with Gasteiger partial charge in [0.15, 0.2) is 0 Å². The maximum atomic E-state index is 12.8. The van der Waals surface area contributed by atoms with Gasteiger partial charge in [0.1, 0.15) is 0 Å². The zero-order valence-corrected chi connectivity index (χ0v) is 14.6. The number of likely N-dealkylation sites (tertiary alicyclic amines) is 1. The molecule has 4 atom stereocenters. The van der Waals surface area contributed by atoms with Crippen LogP contribution in [0.3, 0.4) is 0 Å². The van der Waals surface area contributed by atoms with Gasteiger partial charge >= 0.3 is 0 Å². The molecule has 5 rings (SSSR count). The summed E-state index contributed by atoms with van der Waals surface area (Å²) in [7, 11) is 0. The van der Waals surface area contributed by atoms with E-state index in [4.69, 9.17) is 4.74 Å². The van der Waals surface area contributed by atoms with E-state index in [9.17, 15) is 9.59 Å². The smallest absolute Gasteiger partial charge is 0.227 e. The van der Waals surface area contributed by atoms with E-state index >= 15 is 0 Å². The highest BCUT2D eigenvalue weighted by Crippen LogP contribution is 2.53. The Morgan fingerprint density at radius 1 is 1.20 bits per heavy atom. The molecule has 1 aromatic carbocycles. The lowest BCUT2D eigenvalue weighted by molar-refractivity contribution is -0.133. The van der Waals surface area contributed by atoms with Gasteiger partial charge in [-0.1, -0.05) is 18.2 Å². The molecule has 0 radical (unpaired) electrons. The molecule has 0 aromatic heterocycles. The summed E-state index contributed by atoms with van der Waals surface area (Å²) in [6.45, 7) is 5.81. The van der Waals surface area contributed by atoms with E-state index in [2.05, 4.69) is 0 Å². The SMILES string of the molecule is Cc1ccccc1N1CC2(CCN(C(=O)C3[C@H]4COC[C@@H]34)C2)CC1=O. The van der Waals surface area contributed by atoms with Crippen LogP contribution in [0.15, 0.2) is 24.3 Å². The second-order valence-corrected chi connectivity index (χ2v) is 8.34. The Bertz CT molecular complexity index is 738. The molecule has 3 aliphatic heterocycles. The zero-order chi connectivity index (χ0) is 17.2. The van der Waals surface area contributed by atoms with Gasteiger partial charge in [0.25, 0.3) is 0 Å². The highest BCUT2D eigenvalue weighted by molar-refractivity contribution is 5.97. The van der Waals surface area contributed by atoms with Gasteiger partial charge in [0.2, 0.25) is 11.8 Å². The molecule has 4 fully saturated rings. The van der Waals surface area contributed by atoms with Gasteiger partial charge in [-0.3, -0.25) is 9.59 Å². The molecule has 3 heterocycles. The number of para-hydroxylation sites is 1. The second-order valence-electron chi connectivity index (χ2n) is 8.34. The van der Waals surface area contributed by atoms with Crippen LogP contribution in [0.25, 0.3) is 0 Å². The third kappa shape index (κ3) is 2.32. The molecule has 132 valence electrons. The van der Waals surface area contributed by atoms with Crippen molar-refractivity contribution in [3.63, 3.8) is 0 Å². The monoisotopic (exact) mass is 340 g/mol. The molecular weight excluding hydrogens is 316 g/mol. The van der Waals surface area contributed by atoms with Crippen molar-refractivity contribution in [2.45, 2.75) is 19.8 Å². The van der Waals surface area contributed by atoms with Crippen LogP contribution in [0, 0.1) is 30.1 Å². The van der Waals surface area contributed by atoms with E-state index < -0.39 is 0 Å². The second kappa shape index (κ2) is 5.31. The third-order valence-electron chi connectivity index (χ3n) is 6.71. The topological polar surface area (TPSA) is 49.9 Å². The maximum absolute atomic E-state index is 12.8. The number of benzene rings is 1. The van der Waals surface area contributed by atoms with Crippen molar-refractivity contribution in [3.05, 3.63) is 29.8 Å². The van der Waals surface area contributed by atoms with Gasteiger partial charge in [0, 0.05) is 43.1 Å². The number of hydrogen-bond donors (Lipinski definition) is 0. The fourth-order valence-corrected chi connectivity index (χ4v) is 5.19. The van der Waals surface area contributed by atoms with E-state index in [1.165, 1.54) is 0 Å². The van der Waals surface area contributed by atoms with Crippen molar-refractivity contribution in [2.75, 3.05) is 37.7 Å². The number of amides is 2. The summed E-state index contributed by atoms with van der Waals surface area (Å²) in [5.74, 6) is 1.60. The number of anilines is 1. The molecule has 1 saturated carbocycles. The Morgan fingerprint density at radius 3 is 2.72 bits per heavy atom. The lowest BCUT2D eigenvalue weighted by Gasteiger charge is -2.25. The van der Waals surface area contributed by atoms with Crippen molar-refractivity contribution in [2.24, 2.45) is 23.2 Å². The van der Waals surface area contributed by atoms with E-state index in [1.807, 2.05) is 41.0 Å². The molecule has 3 saturated heterocycles. The first-order valence-corrected chi connectivity index (χ1v) is 9.31. The minimum atomic E-state index is -0.0600. The van der Waals surface area contributed by atoms with E-state index in [0.29, 0.717) is 24.2 Å². The molecule has 0 bridgehead atoms. The summed E-state index contributed by atoms with van der Waals surface area (Å²) >= 11 is 0. The van der Waals surface area contributed by atoms with Crippen molar-refractivity contribution >= 4 is 17.5 Å². The number of aryl methyl sites for hydroxylation is 1. The van der Waals surface area contributed by atoms with Crippen LogP contribution in [-0.4, -0.2) is 49.6 Å². The van der Waals surface area contributed by atoms with Gasteiger partial charge in [0.05, 0.1) is 13.2 Å². The first-order valence-electron chi connectivity index (χ1n) is 9.31. The number of ether oxygens (including phenoxy) is 1. The van der Waals surface area contributed by atoms with Gasteiger partial charge in [-0.2, -0.15) is 0 Å². The Balaban J connectivity index is 1.30. The van der Waals surface area contributed by atoms with Crippen LogP contribution in [0.2, 0.25) is 0 Å². The summed E-state index contributed by atoms with van der Waals surface area (Å²) < 4.78 is 5.41. The van der Waals surface area contributed by atoms with Crippen molar-refractivity contribution in [3.8, 4) is 0 Å². The molecular formula is C20H24N2O3. The van der Waals surface area contributed by atoms with E-state index in [-0.39, 0.29) is 17.2 Å². The molecule has 5 nitrogen and oxygen atoms in total. The number of carbonyl (C=O) groups excluding carboxylic acids is 2. The zero-order valence-electron chi connectivity index (χ0n) is 14.6. The van der Waals surface area contributed by atoms with Crippen LogP contribution < -0.4 is 4.90 Å². The molecule has 0 N–H and O–H groups in total. The predicted molar refractivity (Wildman–Crippen MR) is 93.1 cm³/mol. The summed E-state index contributed by atoms with van der Waals surface area (Å²) in [4.78, 5) is 29.5. The molecule has 1 aliphatic carbocycles. The fourth-order valence-electron chi connectivity index (χ4n) is 5.19. The van der Waals surface area contributed by atoms with Crippen LogP contribution in [0.1, 0.15) is 18.4 Å². The Morgan fingerprint density at radius 2 is 1.96 bits per heavy atom. The molecule has 5 heteroatoms. The van der Waals surface area contributed by atoms with Crippen LogP contribution in [0.5, 0.6) is 0 Å². The molecule has 2 unspecified atom stereocenters. The van der Waals surface area contributed by atoms with Crippen LogP contribution in [0.4, 0.5) is 5.69 Å².